The van der Waals surface area contributed by atoms with Gasteiger partial charge in [0.25, 0.3) is 0 Å². The molecule has 1 aromatic heterocycles. The minimum atomic E-state index is -1.23. The zero-order valence-corrected chi connectivity index (χ0v) is 33.8. The first-order valence-electron chi connectivity index (χ1n) is 20.1. The molecule has 0 aromatic carbocycles. The highest BCUT2D eigenvalue weighted by Crippen LogP contribution is 2.20. The monoisotopic (exact) mass is 857 g/mol. The van der Waals surface area contributed by atoms with Crippen molar-refractivity contribution in [3.8, 4) is 0 Å². The minimum Gasteiger partial charge on any atom is -0.480 e. The van der Waals surface area contributed by atoms with Gasteiger partial charge >= 0.3 is 17.9 Å². The molecule has 0 aliphatic carbocycles. The molecule has 6 atom stereocenters. The van der Waals surface area contributed by atoms with E-state index in [4.69, 9.17) is 20.3 Å². The van der Waals surface area contributed by atoms with Gasteiger partial charge in [-0.25, -0.2) is 0 Å². The van der Waals surface area contributed by atoms with E-state index in [1.807, 2.05) is 0 Å². The van der Waals surface area contributed by atoms with Crippen LogP contribution in [0.4, 0.5) is 0 Å². The molecule has 3 amide bonds. The van der Waals surface area contributed by atoms with Crippen LogP contribution >= 0.6 is 0 Å². The average molecular weight is 858 g/mol. The molecule has 0 spiro atoms. The molecule has 1 aliphatic heterocycles. The second-order valence-electron chi connectivity index (χ2n) is 14.8. The van der Waals surface area contributed by atoms with Crippen LogP contribution < -0.4 is 16.0 Å². The lowest BCUT2D eigenvalue weighted by Gasteiger charge is -2.37. The molecule has 22 nitrogen and oxygen atoms in total. The van der Waals surface area contributed by atoms with E-state index < -0.39 is 91.9 Å². The molecule has 6 unspecified atom stereocenters. The quantitative estimate of drug-likeness (QED) is 0.0405. The van der Waals surface area contributed by atoms with E-state index in [0.717, 1.165) is 0 Å². The maximum atomic E-state index is 12.9. The van der Waals surface area contributed by atoms with Crippen molar-refractivity contribution in [3.05, 3.63) is 29.6 Å². The number of pyridine rings is 1. The van der Waals surface area contributed by atoms with Crippen molar-refractivity contribution in [1.29, 1.82) is 0 Å². The van der Waals surface area contributed by atoms with Gasteiger partial charge in [0, 0.05) is 78.2 Å². The molecule has 1 aromatic rings. The summed E-state index contributed by atoms with van der Waals surface area (Å²) in [6.45, 7) is -2.24. The lowest BCUT2D eigenvalue weighted by Crippen LogP contribution is -2.52. The molecule has 2 bridgehead atoms. The Bertz CT molecular complexity index is 1430. The van der Waals surface area contributed by atoms with E-state index in [0.29, 0.717) is 11.4 Å². The summed E-state index contributed by atoms with van der Waals surface area (Å²) >= 11 is 0. The molecule has 12 N–H and O–H groups in total. The van der Waals surface area contributed by atoms with Crippen LogP contribution in [-0.2, 0) is 41.9 Å². The van der Waals surface area contributed by atoms with Crippen molar-refractivity contribution in [2.45, 2.75) is 107 Å². The molecule has 0 fully saturated rings. The first-order chi connectivity index (χ1) is 28.6. The van der Waals surface area contributed by atoms with Crippen LogP contribution in [0.5, 0.6) is 0 Å². The Morgan fingerprint density at radius 3 is 1.13 bits per heavy atom. The van der Waals surface area contributed by atoms with Gasteiger partial charge < -0.3 is 61.9 Å². The van der Waals surface area contributed by atoms with E-state index in [9.17, 15) is 59.4 Å². The van der Waals surface area contributed by atoms with Crippen molar-refractivity contribution >= 4 is 35.6 Å². The van der Waals surface area contributed by atoms with E-state index in [-0.39, 0.29) is 117 Å². The number of carboxylic acid groups (broad SMARTS) is 3. The van der Waals surface area contributed by atoms with E-state index in [2.05, 4.69) is 16.0 Å². The zero-order valence-electron chi connectivity index (χ0n) is 33.8. The van der Waals surface area contributed by atoms with Gasteiger partial charge in [-0.3, -0.25) is 48.5 Å². The smallest absolute Gasteiger partial charge is 0.320 e. The number of carbonyl (C=O) groups is 6. The number of aliphatic carboxylic acids is 3. The molecular weight excluding hydrogens is 794 g/mol. The predicted octanol–water partition coefficient (Wildman–Crippen LogP) is -3.72. The molecule has 22 heteroatoms. The van der Waals surface area contributed by atoms with Crippen LogP contribution in [0.15, 0.2) is 18.2 Å². The van der Waals surface area contributed by atoms with E-state index in [1.54, 1.807) is 32.9 Å². The van der Waals surface area contributed by atoms with E-state index in [1.165, 1.54) is 0 Å². The summed E-state index contributed by atoms with van der Waals surface area (Å²) in [5, 5.41) is 94.4. The number of nitrogens with one attached hydrogen (secondary N) is 3. The molecular formula is C38H63N7O15. The number of aliphatic hydroxyl groups excluding tert-OH is 6. The van der Waals surface area contributed by atoms with Crippen LogP contribution in [0.25, 0.3) is 0 Å². The minimum absolute atomic E-state index is 0.00350. The number of hydrogen-bond acceptors (Lipinski definition) is 16. The number of hydrogen-bond donors (Lipinski definition) is 12. The number of aliphatic hydroxyl groups is 6. The van der Waals surface area contributed by atoms with Crippen molar-refractivity contribution in [1.82, 2.24) is 35.6 Å². The Morgan fingerprint density at radius 2 is 0.833 bits per heavy atom. The van der Waals surface area contributed by atoms with Gasteiger partial charge in [-0.15, -0.1) is 0 Å². The first kappa shape index (κ1) is 51.8. The van der Waals surface area contributed by atoms with E-state index >= 15 is 0 Å². The molecule has 0 saturated heterocycles. The van der Waals surface area contributed by atoms with Crippen LogP contribution in [0.1, 0.15) is 69.2 Å². The summed E-state index contributed by atoms with van der Waals surface area (Å²) in [6, 6.07) is 1.56. The number of fused-ring (bicyclic) bond motifs is 2. The summed E-state index contributed by atoms with van der Waals surface area (Å²) in [7, 11) is 0. The number of carbonyl (C=O) groups excluding carboxylic acids is 3. The lowest BCUT2D eigenvalue weighted by atomic mass is 10.0. The van der Waals surface area contributed by atoms with Gasteiger partial charge in [0.05, 0.1) is 49.5 Å². The number of amides is 3. The Balaban J connectivity index is 2.43. The summed E-state index contributed by atoms with van der Waals surface area (Å²) in [5.41, 5.74) is 0.893. The number of nitrogens with zero attached hydrogens (tertiary/aromatic N) is 4. The molecule has 1 aliphatic rings. The van der Waals surface area contributed by atoms with Gasteiger partial charge in [0.1, 0.15) is 18.1 Å². The average Bonchev–Trinajstić information content (AvgIpc) is 3.21. The second-order valence-corrected chi connectivity index (χ2v) is 14.8. The van der Waals surface area contributed by atoms with Gasteiger partial charge in [0.2, 0.25) is 17.7 Å². The molecule has 60 heavy (non-hydrogen) atoms. The highest BCUT2D eigenvalue weighted by atomic mass is 16.4. The van der Waals surface area contributed by atoms with Gasteiger partial charge in [-0.1, -0.05) is 6.07 Å². The maximum absolute atomic E-state index is 12.9. The summed E-state index contributed by atoms with van der Waals surface area (Å²) in [5.74, 6) is -5.00. The van der Waals surface area contributed by atoms with Crippen LogP contribution in [-0.4, -0.2) is 203 Å². The Kier molecular flexibility index (Phi) is 24.3. The lowest BCUT2D eigenvalue weighted by molar-refractivity contribution is -0.147. The normalized spacial score (nSPS) is 17.4. The number of aromatic nitrogens is 1. The highest BCUT2D eigenvalue weighted by molar-refractivity contribution is 5.78. The van der Waals surface area contributed by atoms with Crippen LogP contribution in [0.3, 0.4) is 0 Å². The number of carboxylic acids is 3. The van der Waals surface area contributed by atoms with Crippen LogP contribution in [0, 0.1) is 0 Å². The Labute approximate surface area is 348 Å². The van der Waals surface area contributed by atoms with Crippen LogP contribution in [0.2, 0.25) is 0 Å². The molecule has 340 valence electrons. The maximum Gasteiger partial charge on any atom is 0.320 e. The predicted molar refractivity (Wildman–Crippen MR) is 211 cm³/mol. The third-order valence-electron chi connectivity index (χ3n) is 10.0. The summed E-state index contributed by atoms with van der Waals surface area (Å²) < 4.78 is 0. The SMILES string of the molecule is O=C(CCCC(C(=O)O)N1CCN(C(CCCC(=O)NCC(O)CO)C(=O)O)Cc2cccc(n2)CN(C(CCCC(=O)NCC(O)CO)C(=O)O)CC1)NCC(O)CO. The van der Waals surface area contributed by atoms with Crippen molar-refractivity contribution < 1.29 is 74.7 Å². The molecule has 2 heterocycles. The summed E-state index contributed by atoms with van der Waals surface area (Å²) in [6.07, 6.45) is -3.32. The second kappa shape index (κ2) is 28.2. The summed E-state index contributed by atoms with van der Waals surface area (Å²) in [4.78, 5) is 85.1. The topological polar surface area (TPSA) is 343 Å². The highest BCUT2D eigenvalue weighted by Gasteiger charge is 2.33. The van der Waals surface area contributed by atoms with Gasteiger partial charge in [0.15, 0.2) is 0 Å². The molecule has 0 radical (unpaired) electrons. The number of rotatable bonds is 27. The standard InChI is InChI=1S/C38H63N7O15/c46-22-27(49)17-39-33(52)10-2-7-30(36(55)56)43-13-15-44(31(37(57)58)8-3-11-34(53)40-18-28(50)23-47)20-25-5-1-6-26(42-25)21-45(16-14-43)32(38(59)60)9-4-12-35(54)41-19-29(51)24-48/h1,5-6,27-32,46-51H,2-4,7-24H2,(H,39,52)(H,40,53)(H,41,54)(H,55,56)(H,57,58)(H,59,60). The fraction of sp³-hybridized carbons (Fsp3) is 0.711. The fourth-order valence-corrected chi connectivity index (χ4v) is 6.66. The van der Waals surface area contributed by atoms with Gasteiger partial charge in [-0.2, -0.15) is 0 Å². The zero-order chi connectivity index (χ0) is 44.6. The molecule has 2 rings (SSSR count). The fourth-order valence-electron chi connectivity index (χ4n) is 6.66. The Morgan fingerprint density at radius 1 is 0.533 bits per heavy atom. The third-order valence-corrected chi connectivity index (χ3v) is 10.0. The van der Waals surface area contributed by atoms with Gasteiger partial charge in [-0.05, 0) is 50.7 Å². The molecule has 0 saturated carbocycles. The largest absolute Gasteiger partial charge is 0.480 e. The van der Waals surface area contributed by atoms with Crippen molar-refractivity contribution in [2.24, 2.45) is 0 Å². The first-order valence-corrected chi connectivity index (χ1v) is 20.1. The Hall–Kier alpha value is -4.39. The van der Waals surface area contributed by atoms with Crippen molar-refractivity contribution in [3.63, 3.8) is 0 Å². The van der Waals surface area contributed by atoms with Crippen molar-refractivity contribution in [2.75, 3.05) is 65.6 Å². The third kappa shape index (κ3) is 19.8.